The molecule has 0 saturated carbocycles. The van der Waals surface area contributed by atoms with Gasteiger partial charge in [-0.05, 0) is 76.2 Å². The van der Waals surface area contributed by atoms with Gasteiger partial charge in [-0.3, -0.25) is 0 Å². The van der Waals surface area contributed by atoms with E-state index in [4.69, 9.17) is 28.8 Å². The van der Waals surface area contributed by atoms with Crippen LogP contribution in [-0.2, 0) is 5.41 Å². The Hall–Kier alpha value is -6.92. The predicted molar refractivity (Wildman–Crippen MR) is 211 cm³/mol. The van der Waals surface area contributed by atoms with Crippen molar-refractivity contribution >= 4 is 43.8 Å². The minimum atomic E-state index is -0.0772. The van der Waals surface area contributed by atoms with Crippen molar-refractivity contribution in [3.05, 3.63) is 157 Å². The molecule has 250 valence electrons. The lowest BCUT2D eigenvalue weighted by Crippen LogP contribution is -2.14. The van der Waals surface area contributed by atoms with E-state index in [9.17, 15) is 0 Å². The normalized spacial score (nSPS) is 13.2. The van der Waals surface area contributed by atoms with Crippen LogP contribution in [0.25, 0.3) is 101 Å². The molecular weight excluding hydrogens is 653 g/mol. The summed E-state index contributed by atoms with van der Waals surface area (Å²) in [6.45, 7) is 4.59. The van der Waals surface area contributed by atoms with E-state index in [2.05, 4.69) is 86.6 Å². The first kappa shape index (κ1) is 29.8. The number of hydrogen-bond donors (Lipinski definition) is 0. The van der Waals surface area contributed by atoms with Crippen LogP contribution >= 0.6 is 0 Å². The van der Waals surface area contributed by atoms with E-state index >= 15 is 0 Å². The molecule has 0 saturated heterocycles. The molecular formula is C47H30N4O2. The molecule has 3 aromatic heterocycles. The second-order valence-electron chi connectivity index (χ2n) is 14.3. The minimum Gasteiger partial charge on any atom is -0.455 e. The highest BCUT2D eigenvalue weighted by Crippen LogP contribution is 2.49. The summed E-state index contributed by atoms with van der Waals surface area (Å²) >= 11 is 0. The summed E-state index contributed by atoms with van der Waals surface area (Å²) in [5.41, 5.74) is 11.9. The van der Waals surface area contributed by atoms with Crippen molar-refractivity contribution < 1.29 is 8.83 Å². The number of hydrogen-bond acceptors (Lipinski definition) is 6. The smallest absolute Gasteiger partial charge is 0.227 e. The van der Waals surface area contributed by atoms with Gasteiger partial charge in [0.1, 0.15) is 16.7 Å². The zero-order valence-corrected chi connectivity index (χ0v) is 29.0. The Kier molecular flexibility index (Phi) is 6.20. The molecule has 10 aromatic rings. The first-order valence-corrected chi connectivity index (χ1v) is 17.8. The molecule has 0 fully saturated rings. The molecule has 6 heteroatoms. The van der Waals surface area contributed by atoms with Crippen molar-refractivity contribution in [2.24, 2.45) is 0 Å². The second-order valence-corrected chi connectivity index (χ2v) is 14.3. The molecule has 0 aliphatic heterocycles. The first-order chi connectivity index (χ1) is 26.0. The van der Waals surface area contributed by atoms with Crippen LogP contribution in [0, 0.1) is 0 Å². The Labute approximate surface area is 304 Å². The van der Waals surface area contributed by atoms with Crippen LogP contribution in [0.4, 0.5) is 0 Å². The van der Waals surface area contributed by atoms with E-state index < -0.39 is 0 Å². The molecule has 1 aliphatic carbocycles. The van der Waals surface area contributed by atoms with Gasteiger partial charge >= 0.3 is 0 Å². The summed E-state index contributed by atoms with van der Waals surface area (Å²) < 4.78 is 12.9. The molecule has 0 bridgehead atoms. The van der Waals surface area contributed by atoms with Gasteiger partial charge in [0.05, 0.1) is 5.39 Å². The van der Waals surface area contributed by atoms with Crippen LogP contribution in [0.3, 0.4) is 0 Å². The predicted octanol–water partition coefficient (Wildman–Crippen LogP) is 12.0. The molecule has 11 rings (SSSR count). The number of aromatic nitrogens is 4. The molecule has 0 amide bonds. The Bertz CT molecular complexity index is 3090. The summed E-state index contributed by atoms with van der Waals surface area (Å²) in [6.07, 6.45) is 0. The van der Waals surface area contributed by atoms with Gasteiger partial charge in [-0.1, -0.05) is 111 Å². The molecule has 7 aromatic carbocycles. The molecule has 0 radical (unpaired) electrons. The number of nitrogens with zero attached hydrogens (tertiary/aromatic N) is 4. The largest absolute Gasteiger partial charge is 0.455 e. The summed E-state index contributed by atoms with van der Waals surface area (Å²) in [7, 11) is 0. The molecule has 1 aliphatic rings. The number of oxazole rings is 1. The Morgan fingerprint density at radius 1 is 0.453 bits per heavy atom. The maximum absolute atomic E-state index is 6.54. The van der Waals surface area contributed by atoms with E-state index in [1.165, 1.54) is 22.3 Å². The molecule has 0 spiro atoms. The number of furan rings is 1. The fourth-order valence-corrected chi connectivity index (χ4v) is 8.09. The molecule has 0 atom stereocenters. The van der Waals surface area contributed by atoms with Crippen molar-refractivity contribution in [3.8, 4) is 56.7 Å². The Morgan fingerprint density at radius 2 is 1.09 bits per heavy atom. The zero-order valence-electron chi connectivity index (χ0n) is 29.0. The van der Waals surface area contributed by atoms with Crippen LogP contribution in [0.5, 0.6) is 0 Å². The number of fused-ring (bicyclic) bond motifs is 10. The minimum absolute atomic E-state index is 0.0772. The zero-order chi connectivity index (χ0) is 35.3. The number of benzene rings is 7. The van der Waals surface area contributed by atoms with Crippen molar-refractivity contribution in [2.45, 2.75) is 19.3 Å². The van der Waals surface area contributed by atoms with Crippen molar-refractivity contribution in [3.63, 3.8) is 0 Å². The topological polar surface area (TPSA) is 77.8 Å². The van der Waals surface area contributed by atoms with Gasteiger partial charge in [0.25, 0.3) is 0 Å². The Balaban J connectivity index is 1.05. The lowest BCUT2D eigenvalue weighted by Gasteiger charge is -2.21. The van der Waals surface area contributed by atoms with Gasteiger partial charge in [0, 0.05) is 38.4 Å². The average molecular weight is 683 g/mol. The fourth-order valence-electron chi connectivity index (χ4n) is 8.09. The molecule has 6 nitrogen and oxygen atoms in total. The molecule has 3 heterocycles. The highest BCUT2D eigenvalue weighted by atomic mass is 16.4. The van der Waals surface area contributed by atoms with E-state index in [1.54, 1.807) is 0 Å². The highest BCUT2D eigenvalue weighted by molar-refractivity contribution is 6.21. The summed E-state index contributed by atoms with van der Waals surface area (Å²) in [6, 6.07) is 49.9. The van der Waals surface area contributed by atoms with Gasteiger partial charge in [0.2, 0.25) is 5.89 Å². The lowest BCUT2D eigenvalue weighted by molar-refractivity contribution is 0.622. The maximum atomic E-state index is 6.54. The van der Waals surface area contributed by atoms with Gasteiger partial charge in [0.15, 0.2) is 23.1 Å². The van der Waals surface area contributed by atoms with Crippen molar-refractivity contribution in [2.75, 3.05) is 0 Å². The average Bonchev–Trinajstić information content (AvgIpc) is 3.89. The quantitative estimate of drug-likeness (QED) is 0.184. The third kappa shape index (κ3) is 4.52. The third-order valence-corrected chi connectivity index (χ3v) is 10.8. The monoisotopic (exact) mass is 682 g/mol. The third-order valence-electron chi connectivity index (χ3n) is 10.8. The van der Waals surface area contributed by atoms with Crippen molar-refractivity contribution in [1.82, 2.24) is 19.9 Å². The second kappa shape index (κ2) is 11.0. The van der Waals surface area contributed by atoms with Crippen LogP contribution in [0.15, 0.2) is 154 Å². The van der Waals surface area contributed by atoms with Gasteiger partial charge in [-0.2, -0.15) is 0 Å². The summed E-state index contributed by atoms with van der Waals surface area (Å²) in [4.78, 5) is 20.0. The molecule has 0 unspecified atom stereocenters. The van der Waals surface area contributed by atoms with Crippen LogP contribution in [0.1, 0.15) is 25.0 Å². The first-order valence-electron chi connectivity index (χ1n) is 17.8. The Morgan fingerprint density at radius 3 is 1.89 bits per heavy atom. The van der Waals surface area contributed by atoms with E-state index in [0.717, 1.165) is 66.1 Å². The number of rotatable bonds is 4. The standard InChI is InChI=1S/C47H30N4O2/c1-47(2)36-16-10-9-15-33(36)35-26-31(19-22-37(35)47)45-50-43(27-11-5-3-6-12-27)49-44(51-45)30-18-20-32-29(25-30)17-21-34-40-39(52-41(32)34)24-23-38-42(40)53-46(48-38)28-13-7-4-8-14-28/h3-26H,1-2H3. The maximum Gasteiger partial charge on any atom is 0.227 e. The molecule has 0 N–H and O–H groups in total. The van der Waals surface area contributed by atoms with E-state index in [-0.39, 0.29) is 5.41 Å². The lowest BCUT2D eigenvalue weighted by atomic mass is 9.82. The summed E-state index contributed by atoms with van der Waals surface area (Å²) in [5, 5.41) is 3.92. The fraction of sp³-hybridized carbons (Fsp3) is 0.0638. The van der Waals surface area contributed by atoms with E-state index in [1.807, 2.05) is 72.8 Å². The van der Waals surface area contributed by atoms with E-state index in [0.29, 0.717) is 23.4 Å². The van der Waals surface area contributed by atoms with Crippen LogP contribution in [0.2, 0.25) is 0 Å². The van der Waals surface area contributed by atoms with Crippen LogP contribution in [-0.4, -0.2) is 19.9 Å². The summed E-state index contributed by atoms with van der Waals surface area (Å²) in [5.74, 6) is 2.47. The van der Waals surface area contributed by atoms with Gasteiger partial charge in [-0.15, -0.1) is 0 Å². The molecule has 53 heavy (non-hydrogen) atoms. The van der Waals surface area contributed by atoms with Crippen molar-refractivity contribution in [1.29, 1.82) is 0 Å². The van der Waals surface area contributed by atoms with Gasteiger partial charge in [-0.25, -0.2) is 19.9 Å². The van der Waals surface area contributed by atoms with Crippen LogP contribution < -0.4 is 0 Å². The van der Waals surface area contributed by atoms with Gasteiger partial charge < -0.3 is 8.83 Å². The highest BCUT2D eigenvalue weighted by Gasteiger charge is 2.35. The SMILES string of the molecule is CC1(C)c2ccccc2-c2cc(-c3nc(-c4ccccc4)nc(-c4ccc5c(ccc6c5oc5ccc7nc(-c8ccccc8)oc7c56)c4)n3)ccc21.